The molecule has 0 aliphatic heterocycles. The van der Waals surface area contributed by atoms with E-state index >= 15 is 0 Å². The van der Waals surface area contributed by atoms with Gasteiger partial charge in [0.25, 0.3) is 0 Å². The molecule has 7 nitrogen and oxygen atoms in total. The van der Waals surface area contributed by atoms with Crippen molar-refractivity contribution in [3.8, 4) is 0 Å². The number of anilines is 1. The minimum atomic E-state index is -3.57. The molecule has 0 aromatic heterocycles. The van der Waals surface area contributed by atoms with Gasteiger partial charge in [-0.3, -0.25) is 13.9 Å². The fourth-order valence-corrected chi connectivity index (χ4v) is 5.14. The predicted octanol–water partition coefficient (Wildman–Crippen LogP) is 4.92. The van der Waals surface area contributed by atoms with E-state index in [4.69, 9.17) is 11.6 Å². The van der Waals surface area contributed by atoms with E-state index < -0.39 is 16.1 Å². The molecule has 0 unspecified atom stereocenters. The summed E-state index contributed by atoms with van der Waals surface area (Å²) in [6.45, 7) is 8.23. The van der Waals surface area contributed by atoms with Gasteiger partial charge in [-0.2, -0.15) is 0 Å². The van der Waals surface area contributed by atoms with Gasteiger partial charge in [-0.25, -0.2) is 8.42 Å². The topological polar surface area (TPSA) is 86.8 Å². The first-order chi connectivity index (χ1) is 17.0. The third-order valence-corrected chi connectivity index (χ3v) is 7.50. The highest BCUT2D eigenvalue weighted by Crippen LogP contribution is 2.23. The lowest BCUT2D eigenvalue weighted by molar-refractivity contribution is -0.141. The Morgan fingerprint density at radius 1 is 1.06 bits per heavy atom. The van der Waals surface area contributed by atoms with Crippen LogP contribution in [0.25, 0.3) is 0 Å². The maximum Gasteiger partial charge on any atom is 0.243 e. The van der Waals surface area contributed by atoms with E-state index in [2.05, 4.69) is 5.32 Å². The summed E-state index contributed by atoms with van der Waals surface area (Å²) in [5.41, 5.74) is 2.46. The molecular formula is C27H38ClN3O4S. The van der Waals surface area contributed by atoms with Crippen LogP contribution in [0.3, 0.4) is 0 Å². The van der Waals surface area contributed by atoms with Crippen LogP contribution < -0.4 is 9.62 Å². The van der Waals surface area contributed by atoms with Crippen molar-refractivity contribution in [2.24, 2.45) is 0 Å². The van der Waals surface area contributed by atoms with Crippen molar-refractivity contribution in [1.29, 1.82) is 0 Å². The van der Waals surface area contributed by atoms with Crippen LogP contribution in [0, 0.1) is 6.92 Å². The number of rotatable bonds is 13. The lowest BCUT2D eigenvalue weighted by Gasteiger charge is -2.32. The minimum absolute atomic E-state index is 0.00323. The number of benzene rings is 2. The molecule has 0 radical (unpaired) electrons. The average Bonchev–Trinajstić information content (AvgIpc) is 2.80. The second-order valence-corrected chi connectivity index (χ2v) is 11.5. The van der Waals surface area contributed by atoms with Gasteiger partial charge in [0.05, 0.1) is 11.9 Å². The van der Waals surface area contributed by atoms with Gasteiger partial charge in [-0.1, -0.05) is 61.3 Å². The molecule has 1 N–H and O–H groups in total. The van der Waals surface area contributed by atoms with Gasteiger partial charge >= 0.3 is 0 Å². The largest absolute Gasteiger partial charge is 0.352 e. The summed E-state index contributed by atoms with van der Waals surface area (Å²) in [7, 11) is -3.57. The van der Waals surface area contributed by atoms with Crippen molar-refractivity contribution in [2.75, 3.05) is 17.1 Å². The summed E-state index contributed by atoms with van der Waals surface area (Å²) in [6.07, 6.45) is 2.79. The van der Waals surface area contributed by atoms with Crippen molar-refractivity contribution >= 4 is 39.1 Å². The SMILES string of the molecule is CC[C@@H](C)NC(=O)[C@H](CC)N(Cc1cccc(C)c1)C(=O)CCCN(c1cccc(Cl)c1)S(C)(=O)=O. The van der Waals surface area contributed by atoms with Gasteiger partial charge in [-0.05, 0) is 56.9 Å². The fraction of sp³-hybridized carbons (Fsp3) is 0.481. The second kappa shape index (κ2) is 13.7. The lowest BCUT2D eigenvalue weighted by Crippen LogP contribution is -2.50. The predicted molar refractivity (Wildman–Crippen MR) is 147 cm³/mol. The van der Waals surface area contributed by atoms with E-state index in [-0.39, 0.29) is 30.8 Å². The number of carbonyl (C=O) groups excluding carboxylic acids is 2. The van der Waals surface area contributed by atoms with E-state index in [0.717, 1.165) is 23.8 Å². The van der Waals surface area contributed by atoms with Crippen molar-refractivity contribution in [3.05, 3.63) is 64.7 Å². The van der Waals surface area contributed by atoms with E-state index in [1.165, 1.54) is 4.31 Å². The first kappa shape index (κ1) is 29.6. The monoisotopic (exact) mass is 535 g/mol. The zero-order valence-corrected chi connectivity index (χ0v) is 23.4. The molecule has 2 atom stereocenters. The first-order valence-electron chi connectivity index (χ1n) is 12.3. The molecule has 0 bridgehead atoms. The third kappa shape index (κ3) is 8.82. The molecule has 0 aliphatic carbocycles. The standard InChI is InChI=1S/C27H38ClN3O4S/c1-6-21(4)29-27(33)25(7-2)30(19-22-12-8-11-20(3)17-22)26(32)15-10-16-31(36(5,34)35)24-14-9-13-23(28)18-24/h8-9,11-14,17-18,21,25H,6-7,10,15-16,19H2,1-5H3,(H,29,33)/t21-,25+/m1/s1. The number of amides is 2. The quantitative estimate of drug-likeness (QED) is 0.394. The minimum Gasteiger partial charge on any atom is -0.352 e. The van der Waals surface area contributed by atoms with Crippen LogP contribution in [0.2, 0.25) is 5.02 Å². The Hall–Kier alpha value is -2.58. The van der Waals surface area contributed by atoms with E-state index in [1.54, 1.807) is 29.2 Å². The summed E-state index contributed by atoms with van der Waals surface area (Å²) in [5, 5.41) is 3.43. The zero-order chi connectivity index (χ0) is 26.9. The molecule has 2 aromatic rings. The Morgan fingerprint density at radius 3 is 2.33 bits per heavy atom. The lowest BCUT2D eigenvalue weighted by atomic mass is 10.1. The van der Waals surface area contributed by atoms with Gasteiger partial charge in [0.15, 0.2) is 0 Å². The number of sulfonamides is 1. The van der Waals surface area contributed by atoms with Crippen molar-refractivity contribution in [1.82, 2.24) is 10.2 Å². The summed E-state index contributed by atoms with van der Waals surface area (Å²) in [6, 6.07) is 13.9. The van der Waals surface area contributed by atoms with Crippen LogP contribution in [0.15, 0.2) is 48.5 Å². The Bertz CT molecular complexity index is 1140. The Morgan fingerprint density at radius 2 is 1.75 bits per heavy atom. The molecule has 0 saturated heterocycles. The molecule has 198 valence electrons. The number of nitrogens with zero attached hydrogens (tertiary/aromatic N) is 2. The molecule has 2 rings (SSSR count). The molecule has 0 saturated carbocycles. The zero-order valence-electron chi connectivity index (χ0n) is 21.8. The highest BCUT2D eigenvalue weighted by Gasteiger charge is 2.29. The van der Waals surface area contributed by atoms with E-state index in [9.17, 15) is 18.0 Å². The van der Waals surface area contributed by atoms with Gasteiger partial charge in [0.2, 0.25) is 21.8 Å². The van der Waals surface area contributed by atoms with Crippen LogP contribution in [0.5, 0.6) is 0 Å². The van der Waals surface area contributed by atoms with Crippen LogP contribution in [0.1, 0.15) is 57.6 Å². The summed E-state index contributed by atoms with van der Waals surface area (Å²) >= 11 is 6.06. The average molecular weight is 536 g/mol. The number of nitrogens with one attached hydrogen (secondary N) is 1. The molecule has 2 amide bonds. The summed E-state index contributed by atoms with van der Waals surface area (Å²) in [4.78, 5) is 28.2. The number of halogens is 1. The number of aryl methyl sites for hydroxylation is 1. The van der Waals surface area contributed by atoms with Crippen LogP contribution in [-0.4, -0.2) is 50.0 Å². The highest BCUT2D eigenvalue weighted by atomic mass is 35.5. The van der Waals surface area contributed by atoms with Crippen LogP contribution in [0.4, 0.5) is 5.69 Å². The maximum atomic E-state index is 13.5. The van der Waals surface area contributed by atoms with Crippen molar-refractivity contribution in [2.45, 2.75) is 72.0 Å². The normalized spacial score (nSPS) is 13.1. The van der Waals surface area contributed by atoms with Crippen molar-refractivity contribution in [3.63, 3.8) is 0 Å². The molecule has 0 heterocycles. The number of carbonyl (C=O) groups is 2. The van der Waals surface area contributed by atoms with Gasteiger partial charge in [0.1, 0.15) is 6.04 Å². The van der Waals surface area contributed by atoms with Crippen molar-refractivity contribution < 1.29 is 18.0 Å². The number of hydrogen-bond acceptors (Lipinski definition) is 4. The molecule has 0 fully saturated rings. The molecule has 9 heteroatoms. The molecule has 2 aromatic carbocycles. The Labute approximate surface area is 220 Å². The molecule has 36 heavy (non-hydrogen) atoms. The van der Waals surface area contributed by atoms with E-state index in [0.29, 0.717) is 30.1 Å². The van der Waals surface area contributed by atoms with Gasteiger partial charge in [-0.15, -0.1) is 0 Å². The number of hydrogen-bond donors (Lipinski definition) is 1. The molecule has 0 spiro atoms. The van der Waals surface area contributed by atoms with Gasteiger partial charge in [0, 0.05) is 30.6 Å². The Balaban J connectivity index is 2.23. The third-order valence-electron chi connectivity index (χ3n) is 6.07. The second-order valence-electron chi connectivity index (χ2n) is 9.17. The fourth-order valence-electron chi connectivity index (χ4n) is 4.00. The maximum absolute atomic E-state index is 13.5. The molecular weight excluding hydrogens is 498 g/mol. The van der Waals surface area contributed by atoms with E-state index in [1.807, 2.05) is 52.0 Å². The summed E-state index contributed by atoms with van der Waals surface area (Å²) < 4.78 is 26.1. The summed E-state index contributed by atoms with van der Waals surface area (Å²) in [5.74, 6) is -0.369. The molecule has 0 aliphatic rings. The van der Waals surface area contributed by atoms with Gasteiger partial charge < -0.3 is 10.2 Å². The first-order valence-corrected chi connectivity index (χ1v) is 14.6. The highest BCUT2D eigenvalue weighted by molar-refractivity contribution is 7.92. The Kier molecular flexibility index (Phi) is 11.2. The van der Waals surface area contributed by atoms with Crippen LogP contribution in [-0.2, 0) is 26.2 Å². The smallest absolute Gasteiger partial charge is 0.243 e. The van der Waals surface area contributed by atoms with Crippen LogP contribution >= 0.6 is 11.6 Å².